The molecule has 0 bridgehead atoms. The van der Waals surface area contributed by atoms with Crippen LogP contribution in [-0.4, -0.2) is 25.2 Å². The van der Waals surface area contributed by atoms with Crippen LogP contribution < -0.4 is 5.32 Å². The van der Waals surface area contributed by atoms with Crippen LogP contribution in [0.15, 0.2) is 30.3 Å². The average Bonchev–Trinajstić information content (AvgIpc) is 2.71. The van der Waals surface area contributed by atoms with Crippen molar-refractivity contribution in [2.45, 2.75) is 18.6 Å². The van der Waals surface area contributed by atoms with Crippen molar-refractivity contribution in [3.05, 3.63) is 35.9 Å². The fraction of sp³-hybridized carbons (Fsp3) is 0.333. The number of alkyl carbamates (subject to hydrolysis) is 1. The molecule has 0 spiro atoms. The molecule has 5 heteroatoms. The lowest BCUT2D eigenvalue weighted by atomic mass is 10.0. The van der Waals surface area contributed by atoms with E-state index in [1.54, 1.807) is 0 Å². The maximum absolute atomic E-state index is 11.2. The number of hydrogen-bond donors (Lipinski definition) is 1. The van der Waals surface area contributed by atoms with Gasteiger partial charge in [0.05, 0.1) is 19.6 Å². The zero-order chi connectivity index (χ0) is 12.3. The molecule has 17 heavy (non-hydrogen) atoms. The van der Waals surface area contributed by atoms with Gasteiger partial charge in [0, 0.05) is 0 Å². The number of carbonyl (C=O) groups is 2. The zero-order valence-corrected chi connectivity index (χ0v) is 9.38. The molecule has 0 unspecified atom stereocenters. The molecule has 2 rings (SSSR count). The maximum Gasteiger partial charge on any atom is 0.408 e. The average molecular weight is 235 g/mol. The minimum Gasteiger partial charge on any atom is -0.469 e. The molecule has 5 nitrogen and oxygen atoms in total. The minimum absolute atomic E-state index is 0.0990. The van der Waals surface area contributed by atoms with Crippen LogP contribution in [0.4, 0.5) is 4.79 Å². The summed E-state index contributed by atoms with van der Waals surface area (Å²) in [6.07, 6.45) is -0.850. The number of nitrogens with one attached hydrogen (secondary N) is 1. The molecule has 1 aliphatic rings. The molecule has 1 heterocycles. The summed E-state index contributed by atoms with van der Waals surface area (Å²) in [4.78, 5) is 22.4. The quantitative estimate of drug-likeness (QED) is 0.804. The predicted molar refractivity (Wildman–Crippen MR) is 59.2 cm³/mol. The van der Waals surface area contributed by atoms with Crippen molar-refractivity contribution in [2.24, 2.45) is 0 Å². The van der Waals surface area contributed by atoms with Crippen molar-refractivity contribution in [3.63, 3.8) is 0 Å². The number of methoxy groups -OCH3 is 1. The van der Waals surface area contributed by atoms with Crippen LogP contribution in [-0.2, 0) is 14.3 Å². The lowest BCUT2D eigenvalue weighted by molar-refractivity contribution is -0.141. The summed E-state index contributed by atoms with van der Waals surface area (Å²) in [5, 5.41) is 2.61. The molecule has 1 fully saturated rings. The Morgan fingerprint density at radius 3 is 2.76 bits per heavy atom. The van der Waals surface area contributed by atoms with E-state index in [2.05, 4.69) is 10.1 Å². The molecule has 1 aromatic rings. The van der Waals surface area contributed by atoms with E-state index in [1.807, 2.05) is 30.3 Å². The first-order chi connectivity index (χ1) is 8.20. The monoisotopic (exact) mass is 235 g/mol. The van der Waals surface area contributed by atoms with Crippen LogP contribution >= 0.6 is 0 Å². The van der Waals surface area contributed by atoms with E-state index < -0.39 is 12.2 Å². The summed E-state index contributed by atoms with van der Waals surface area (Å²) >= 11 is 0. The Morgan fingerprint density at radius 1 is 1.41 bits per heavy atom. The highest BCUT2D eigenvalue weighted by molar-refractivity contribution is 5.75. The van der Waals surface area contributed by atoms with E-state index in [0.717, 1.165) is 5.56 Å². The van der Waals surface area contributed by atoms with Crippen molar-refractivity contribution < 1.29 is 19.1 Å². The first kappa shape index (κ1) is 11.4. The number of hydrogen-bond acceptors (Lipinski definition) is 4. The van der Waals surface area contributed by atoms with Crippen LogP contribution in [0.2, 0.25) is 0 Å². The van der Waals surface area contributed by atoms with Gasteiger partial charge in [-0.15, -0.1) is 0 Å². The number of ether oxygens (including phenoxy) is 2. The number of rotatable bonds is 3. The normalized spacial score (nSPS) is 22.8. The second-order valence-electron chi connectivity index (χ2n) is 3.77. The molecular weight excluding hydrogens is 222 g/mol. The highest BCUT2D eigenvalue weighted by Crippen LogP contribution is 2.28. The van der Waals surface area contributed by atoms with Crippen LogP contribution in [0.25, 0.3) is 0 Å². The molecular formula is C12H13NO4. The number of esters is 1. The molecule has 0 radical (unpaired) electrons. The number of carbonyl (C=O) groups excluding carboxylic acids is 2. The van der Waals surface area contributed by atoms with Crippen LogP contribution in [0.3, 0.4) is 0 Å². The molecule has 2 atom stereocenters. The molecule has 1 aromatic carbocycles. The lowest BCUT2D eigenvalue weighted by Crippen LogP contribution is -2.30. The van der Waals surface area contributed by atoms with E-state index in [0.29, 0.717) is 0 Å². The summed E-state index contributed by atoms with van der Waals surface area (Å²) in [6.45, 7) is 0. The molecule has 0 saturated carbocycles. The van der Waals surface area contributed by atoms with E-state index >= 15 is 0 Å². The Hall–Kier alpha value is -2.04. The van der Waals surface area contributed by atoms with Crippen LogP contribution in [0, 0.1) is 0 Å². The Kier molecular flexibility index (Phi) is 3.27. The van der Waals surface area contributed by atoms with E-state index in [1.165, 1.54) is 7.11 Å². The highest BCUT2D eigenvalue weighted by Gasteiger charge is 2.36. The van der Waals surface area contributed by atoms with Gasteiger partial charge in [-0.1, -0.05) is 30.3 Å². The van der Waals surface area contributed by atoms with Crippen molar-refractivity contribution in [1.29, 1.82) is 0 Å². The maximum atomic E-state index is 11.2. The van der Waals surface area contributed by atoms with Gasteiger partial charge < -0.3 is 14.8 Å². The predicted octanol–water partition coefficient (Wildman–Crippen LogP) is 1.40. The van der Waals surface area contributed by atoms with Gasteiger partial charge in [-0.05, 0) is 5.56 Å². The van der Waals surface area contributed by atoms with Crippen molar-refractivity contribution in [2.75, 3.05) is 7.11 Å². The Balaban J connectivity index is 2.14. The van der Waals surface area contributed by atoms with Crippen molar-refractivity contribution >= 4 is 12.1 Å². The Bertz CT molecular complexity index is 418. The first-order valence-electron chi connectivity index (χ1n) is 5.29. The lowest BCUT2D eigenvalue weighted by Gasteiger charge is -2.15. The number of cyclic esters (lactones) is 1. The summed E-state index contributed by atoms with van der Waals surface area (Å²) in [7, 11) is 1.32. The molecule has 1 amide bonds. The van der Waals surface area contributed by atoms with Gasteiger partial charge in [-0.3, -0.25) is 4.79 Å². The Labute approximate surface area is 98.7 Å². The van der Waals surface area contributed by atoms with E-state index in [9.17, 15) is 9.59 Å². The Morgan fingerprint density at radius 2 is 2.12 bits per heavy atom. The smallest absolute Gasteiger partial charge is 0.408 e. The second kappa shape index (κ2) is 4.86. The third-order valence-electron chi connectivity index (χ3n) is 2.65. The molecule has 90 valence electrons. The minimum atomic E-state index is -0.507. The van der Waals surface area contributed by atoms with Crippen LogP contribution in [0.1, 0.15) is 18.1 Å². The SMILES string of the molecule is COC(=O)C[C@H]1NC(=O)O[C@H]1c1ccccc1. The van der Waals surface area contributed by atoms with E-state index in [4.69, 9.17) is 4.74 Å². The highest BCUT2D eigenvalue weighted by atomic mass is 16.6. The van der Waals surface area contributed by atoms with Gasteiger partial charge >= 0.3 is 12.1 Å². The van der Waals surface area contributed by atoms with Crippen molar-refractivity contribution in [1.82, 2.24) is 5.32 Å². The fourth-order valence-electron chi connectivity index (χ4n) is 1.82. The molecule has 0 aliphatic carbocycles. The standard InChI is InChI=1S/C12H13NO4/c1-16-10(14)7-9-11(17-12(15)13-9)8-5-3-2-4-6-8/h2-6,9,11H,7H2,1H3,(H,13,15)/t9-,11+/m1/s1. The zero-order valence-electron chi connectivity index (χ0n) is 9.38. The second-order valence-corrected chi connectivity index (χ2v) is 3.77. The largest absolute Gasteiger partial charge is 0.469 e. The van der Waals surface area contributed by atoms with Gasteiger partial charge in [0.1, 0.15) is 6.10 Å². The van der Waals surface area contributed by atoms with Crippen molar-refractivity contribution in [3.8, 4) is 0 Å². The van der Waals surface area contributed by atoms with Gasteiger partial charge in [0.25, 0.3) is 0 Å². The molecule has 1 N–H and O–H groups in total. The van der Waals surface area contributed by atoms with Gasteiger partial charge in [0.2, 0.25) is 0 Å². The summed E-state index contributed by atoms with van der Waals surface area (Å²) < 4.78 is 9.73. The van der Waals surface area contributed by atoms with Gasteiger partial charge in [-0.25, -0.2) is 4.79 Å². The van der Waals surface area contributed by atoms with E-state index in [-0.39, 0.29) is 18.4 Å². The summed E-state index contributed by atoms with van der Waals surface area (Å²) in [5.41, 5.74) is 0.861. The first-order valence-corrected chi connectivity index (χ1v) is 5.29. The fourth-order valence-corrected chi connectivity index (χ4v) is 1.82. The molecule has 1 aliphatic heterocycles. The number of benzene rings is 1. The number of amides is 1. The van der Waals surface area contributed by atoms with Gasteiger partial charge in [-0.2, -0.15) is 0 Å². The third-order valence-corrected chi connectivity index (χ3v) is 2.65. The van der Waals surface area contributed by atoms with Gasteiger partial charge in [0.15, 0.2) is 0 Å². The molecule has 1 saturated heterocycles. The topological polar surface area (TPSA) is 64.6 Å². The third kappa shape index (κ3) is 2.55. The van der Waals surface area contributed by atoms with Crippen LogP contribution in [0.5, 0.6) is 0 Å². The summed E-state index contributed by atoms with van der Waals surface area (Å²) in [6, 6.07) is 8.93. The summed E-state index contributed by atoms with van der Waals surface area (Å²) in [5.74, 6) is -0.373. The molecule has 0 aromatic heterocycles.